The molecule has 1 atom stereocenters. The van der Waals surface area contributed by atoms with E-state index in [-0.39, 0.29) is 29.9 Å². The van der Waals surface area contributed by atoms with Gasteiger partial charge in [-0.05, 0) is 96.0 Å². The number of carbonyl (C=O) groups is 1. The van der Waals surface area contributed by atoms with Gasteiger partial charge in [0.05, 0.1) is 11.1 Å². The molecule has 2 fully saturated rings. The predicted molar refractivity (Wildman–Crippen MR) is 143 cm³/mol. The first-order valence-corrected chi connectivity index (χ1v) is 14.1. The van der Waals surface area contributed by atoms with Gasteiger partial charge in [0.2, 0.25) is 0 Å². The van der Waals surface area contributed by atoms with E-state index >= 15 is 0 Å². The molecule has 1 aliphatic carbocycles. The first kappa shape index (κ1) is 25.1. The molecule has 36 heavy (non-hydrogen) atoms. The van der Waals surface area contributed by atoms with Crippen LogP contribution in [0.1, 0.15) is 66.0 Å². The summed E-state index contributed by atoms with van der Waals surface area (Å²) in [5.74, 6) is -0.0749. The fourth-order valence-corrected chi connectivity index (χ4v) is 6.64. The summed E-state index contributed by atoms with van der Waals surface area (Å²) >= 11 is 1.49. The predicted octanol–water partition coefficient (Wildman–Crippen LogP) is 5.17. The third-order valence-electron chi connectivity index (χ3n) is 8.04. The summed E-state index contributed by atoms with van der Waals surface area (Å²) in [6, 6.07) is 7.53. The average Bonchev–Trinajstić information content (AvgIpc) is 3.66. The number of nitrogens with one attached hydrogen (secondary N) is 2. The fraction of sp³-hybridized carbons (Fsp3) is 0.500. The number of amides is 1. The van der Waals surface area contributed by atoms with E-state index in [2.05, 4.69) is 26.7 Å². The zero-order chi connectivity index (χ0) is 25.6. The molecular formula is C28H35FN4O2S. The van der Waals surface area contributed by atoms with Crippen molar-refractivity contribution in [2.75, 3.05) is 19.3 Å². The Morgan fingerprint density at radius 1 is 1.19 bits per heavy atom. The van der Waals surface area contributed by atoms with Gasteiger partial charge in [-0.2, -0.15) is 0 Å². The SMILES string of the molecule is CSc1cc(C)[nH]c(=O)c1CNC(=O)c1c(C)n([C@H](C)C2CCN(C3CC3)CC2)c2cc(F)ccc12. The van der Waals surface area contributed by atoms with Crippen LogP contribution in [-0.2, 0) is 6.54 Å². The highest BCUT2D eigenvalue weighted by Crippen LogP contribution is 2.38. The van der Waals surface area contributed by atoms with Gasteiger partial charge in [0.25, 0.3) is 11.5 Å². The van der Waals surface area contributed by atoms with Gasteiger partial charge < -0.3 is 19.8 Å². The maximum Gasteiger partial charge on any atom is 0.254 e. The van der Waals surface area contributed by atoms with Gasteiger partial charge in [-0.25, -0.2) is 4.39 Å². The molecule has 6 nitrogen and oxygen atoms in total. The number of aryl methyl sites for hydroxylation is 1. The minimum absolute atomic E-state index is 0.132. The zero-order valence-corrected chi connectivity index (χ0v) is 22.3. The lowest BCUT2D eigenvalue weighted by Gasteiger charge is -2.36. The summed E-state index contributed by atoms with van der Waals surface area (Å²) in [5.41, 5.74) is 3.30. The first-order valence-electron chi connectivity index (χ1n) is 12.9. The van der Waals surface area contributed by atoms with E-state index in [4.69, 9.17) is 0 Å². The van der Waals surface area contributed by atoms with Crippen LogP contribution < -0.4 is 10.9 Å². The molecule has 5 rings (SSSR count). The Morgan fingerprint density at radius 3 is 2.58 bits per heavy atom. The lowest BCUT2D eigenvalue weighted by Crippen LogP contribution is -2.37. The monoisotopic (exact) mass is 510 g/mol. The number of hydrogen-bond acceptors (Lipinski definition) is 4. The van der Waals surface area contributed by atoms with E-state index in [9.17, 15) is 14.0 Å². The number of aromatic amines is 1. The van der Waals surface area contributed by atoms with Gasteiger partial charge in [-0.1, -0.05) is 0 Å². The molecule has 1 aromatic carbocycles. The third-order valence-corrected chi connectivity index (χ3v) is 8.85. The maximum absolute atomic E-state index is 14.4. The molecule has 8 heteroatoms. The summed E-state index contributed by atoms with van der Waals surface area (Å²) in [7, 11) is 0. The van der Waals surface area contributed by atoms with Crippen molar-refractivity contribution >= 4 is 28.6 Å². The summed E-state index contributed by atoms with van der Waals surface area (Å²) in [4.78, 5) is 32.3. The van der Waals surface area contributed by atoms with Gasteiger partial charge in [0.1, 0.15) is 5.82 Å². The van der Waals surface area contributed by atoms with Crippen molar-refractivity contribution in [3.8, 4) is 0 Å². The number of pyridine rings is 1. The molecular weight excluding hydrogens is 475 g/mol. The van der Waals surface area contributed by atoms with E-state index in [1.807, 2.05) is 26.2 Å². The fourth-order valence-electron chi connectivity index (χ4n) is 5.93. The van der Waals surface area contributed by atoms with Crippen LogP contribution in [0.2, 0.25) is 0 Å². The number of carbonyl (C=O) groups excluding carboxylic acids is 1. The Morgan fingerprint density at radius 2 is 1.92 bits per heavy atom. The standard InChI is InChI=1S/C28H35FN4O2S/c1-16-13-25(36-4)23(27(34)31-16)15-30-28(35)26-18(3)33(24-14-20(29)5-8-22(24)26)17(2)19-9-11-32(12-10-19)21-6-7-21/h5,8,13-14,17,19,21H,6-7,9-12,15H2,1-4H3,(H,30,35)(H,31,34)/t17-/m1/s1. The van der Waals surface area contributed by atoms with Crippen molar-refractivity contribution in [2.45, 2.75) is 70.0 Å². The molecule has 1 amide bonds. The normalized spacial score (nSPS) is 18.0. The van der Waals surface area contributed by atoms with Crippen LogP contribution in [0, 0.1) is 25.6 Å². The van der Waals surface area contributed by atoms with Gasteiger partial charge >= 0.3 is 0 Å². The van der Waals surface area contributed by atoms with E-state index in [1.54, 1.807) is 12.1 Å². The summed E-state index contributed by atoms with van der Waals surface area (Å²) in [6.07, 6.45) is 6.80. The zero-order valence-electron chi connectivity index (χ0n) is 21.5. The van der Waals surface area contributed by atoms with Crippen molar-refractivity contribution in [1.82, 2.24) is 19.8 Å². The minimum Gasteiger partial charge on any atom is -0.348 e. The Kier molecular flexibility index (Phi) is 7.01. The Balaban J connectivity index is 1.43. The second kappa shape index (κ2) is 10.1. The summed E-state index contributed by atoms with van der Waals surface area (Å²) in [6.45, 7) is 8.36. The smallest absolute Gasteiger partial charge is 0.254 e. The van der Waals surface area contributed by atoms with Crippen LogP contribution in [0.25, 0.3) is 10.9 Å². The van der Waals surface area contributed by atoms with E-state index < -0.39 is 0 Å². The lowest BCUT2D eigenvalue weighted by atomic mass is 9.89. The number of benzene rings is 1. The Hall–Kier alpha value is -2.58. The Bertz CT molecular complexity index is 1350. The van der Waals surface area contributed by atoms with Crippen LogP contribution in [0.15, 0.2) is 34.0 Å². The number of fused-ring (bicyclic) bond motifs is 1. The van der Waals surface area contributed by atoms with Crippen LogP contribution in [0.5, 0.6) is 0 Å². The first-order chi connectivity index (χ1) is 17.3. The second-order valence-corrected chi connectivity index (χ2v) is 11.2. The number of piperidine rings is 1. The summed E-state index contributed by atoms with van der Waals surface area (Å²) < 4.78 is 16.5. The molecule has 1 saturated heterocycles. The number of likely N-dealkylation sites (tertiary alicyclic amines) is 1. The molecule has 3 heterocycles. The molecule has 192 valence electrons. The molecule has 1 aliphatic heterocycles. The molecule has 0 bridgehead atoms. The van der Waals surface area contributed by atoms with E-state index in [0.29, 0.717) is 17.0 Å². The topological polar surface area (TPSA) is 70.1 Å². The molecule has 2 N–H and O–H groups in total. The highest BCUT2D eigenvalue weighted by molar-refractivity contribution is 7.98. The van der Waals surface area contributed by atoms with Crippen molar-refractivity contribution < 1.29 is 9.18 Å². The molecule has 0 spiro atoms. The molecule has 2 aromatic heterocycles. The van der Waals surface area contributed by atoms with Crippen molar-refractivity contribution in [3.63, 3.8) is 0 Å². The number of nitrogens with zero attached hydrogens (tertiary/aromatic N) is 2. The number of thioether (sulfide) groups is 1. The van der Waals surface area contributed by atoms with Gasteiger partial charge in [0, 0.05) is 45.9 Å². The molecule has 3 aromatic rings. The largest absolute Gasteiger partial charge is 0.348 e. The maximum atomic E-state index is 14.4. The number of H-pyrrole nitrogens is 1. The van der Waals surface area contributed by atoms with Crippen molar-refractivity contribution in [3.05, 3.63) is 63.0 Å². The molecule has 0 radical (unpaired) electrons. The van der Waals surface area contributed by atoms with Crippen molar-refractivity contribution in [2.24, 2.45) is 5.92 Å². The highest BCUT2D eigenvalue weighted by atomic mass is 32.2. The van der Waals surface area contributed by atoms with Gasteiger partial charge in [-0.15, -0.1) is 11.8 Å². The number of hydrogen-bond donors (Lipinski definition) is 2. The van der Waals surface area contributed by atoms with Gasteiger partial charge in [0.15, 0.2) is 0 Å². The van der Waals surface area contributed by atoms with E-state index in [1.165, 1.54) is 30.7 Å². The van der Waals surface area contributed by atoms with Crippen molar-refractivity contribution in [1.29, 1.82) is 0 Å². The lowest BCUT2D eigenvalue weighted by molar-refractivity contribution is 0.0950. The van der Waals surface area contributed by atoms with E-state index in [0.717, 1.165) is 59.2 Å². The van der Waals surface area contributed by atoms with Crippen LogP contribution in [0.4, 0.5) is 4.39 Å². The van der Waals surface area contributed by atoms with Crippen LogP contribution >= 0.6 is 11.8 Å². The average molecular weight is 511 g/mol. The third kappa shape index (κ3) is 4.73. The molecule has 2 aliphatic rings. The second-order valence-electron chi connectivity index (χ2n) is 10.3. The number of halogens is 1. The molecule has 1 saturated carbocycles. The molecule has 0 unspecified atom stereocenters. The number of rotatable bonds is 7. The summed E-state index contributed by atoms with van der Waals surface area (Å²) in [5, 5.41) is 3.72. The highest BCUT2D eigenvalue weighted by Gasteiger charge is 2.34. The van der Waals surface area contributed by atoms with Gasteiger partial charge in [-0.3, -0.25) is 9.59 Å². The van der Waals surface area contributed by atoms with Crippen LogP contribution in [0.3, 0.4) is 0 Å². The minimum atomic E-state index is -0.306. The Labute approximate surface area is 215 Å². The quantitative estimate of drug-likeness (QED) is 0.430. The number of aromatic nitrogens is 2. The van der Waals surface area contributed by atoms with Crippen LogP contribution in [-0.4, -0.2) is 45.7 Å².